The van der Waals surface area contributed by atoms with Gasteiger partial charge in [0.05, 0.1) is 0 Å². The summed E-state index contributed by atoms with van der Waals surface area (Å²) in [4.78, 5) is 0. The van der Waals surface area contributed by atoms with Crippen LogP contribution in [0.4, 0.5) is 13.2 Å². The molecule has 0 aliphatic rings. The zero-order valence-electron chi connectivity index (χ0n) is 4.43. The Hall–Kier alpha value is -0.660. The quantitative estimate of drug-likeness (QED) is 0.473. The van der Waals surface area contributed by atoms with Gasteiger partial charge in [-0.1, -0.05) is 13.2 Å². The molecular weight excluding hydrogens is 153 g/mol. The van der Waals surface area contributed by atoms with E-state index in [0.717, 1.165) is 0 Å². The van der Waals surface area contributed by atoms with Gasteiger partial charge in [0.15, 0.2) is 0 Å². The Kier molecular flexibility index (Phi) is 9.12. The van der Waals surface area contributed by atoms with Crippen LogP contribution in [0.3, 0.4) is 0 Å². The molecule has 52 valence electrons. The lowest BCUT2D eigenvalue weighted by atomic mass is 11.0. The summed E-state index contributed by atoms with van der Waals surface area (Å²) >= 11 is 4.08. The lowest BCUT2D eigenvalue weighted by molar-refractivity contribution is 0.393. The van der Waals surface area contributed by atoms with Crippen molar-refractivity contribution in [3.63, 3.8) is 0 Å². The van der Waals surface area contributed by atoms with Gasteiger partial charge in [-0.05, 0) is 11.6 Å². The summed E-state index contributed by atoms with van der Waals surface area (Å²) in [6.07, 6.45) is -2.48. The van der Waals surface area contributed by atoms with Crippen molar-refractivity contribution in [3.8, 4) is 0 Å². The third-order valence-corrected chi connectivity index (χ3v) is 0.286. The van der Waals surface area contributed by atoms with Crippen LogP contribution in [0.1, 0.15) is 0 Å². The van der Waals surface area contributed by atoms with E-state index in [1.54, 1.807) is 0 Å². The number of hydrogen-bond donors (Lipinski definition) is 0. The maximum absolute atomic E-state index is 10.7. The van der Waals surface area contributed by atoms with E-state index < -0.39 is 11.4 Å². The van der Waals surface area contributed by atoms with Crippen molar-refractivity contribution in [3.05, 3.63) is 30.3 Å². The van der Waals surface area contributed by atoms with Gasteiger partial charge in [-0.25, -0.2) is 0 Å². The lowest BCUT2D eigenvalue weighted by Crippen LogP contribution is -1.54. The first-order valence-electron chi connectivity index (χ1n) is 1.71. The molecule has 0 nitrogen and oxygen atoms in total. The van der Waals surface area contributed by atoms with Crippen molar-refractivity contribution in [1.82, 2.24) is 0 Å². The highest BCUT2D eigenvalue weighted by atomic mass is 35.5. The van der Waals surface area contributed by atoms with Crippen LogP contribution in [0.5, 0.6) is 0 Å². The topological polar surface area (TPSA) is 0 Å². The molecule has 0 amide bonds. The van der Waals surface area contributed by atoms with Crippen molar-refractivity contribution >= 4 is 11.6 Å². The fourth-order valence-corrected chi connectivity index (χ4v) is 0. The van der Waals surface area contributed by atoms with Gasteiger partial charge < -0.3 is 0 Å². The van der Waals surface area contributed by atoms with Crippen LogP contribution in [0.25, 0.3) is 0 Å². The summed E-state index contributed by atoms with van der Waals surface area (Å²) in [7, 11) is 0. The van der Waals surface area contributed by atoms with Crippen molar-refractivity contribution < 1.29 is 13.2 Å². The third-order valence-electron chi connectivity index (χ3n) is 0.143. The summed E-state index contributed by atoms with van der Waals surface area (Å²) < 4.78 is 31.8. The van der Waals surface area contributed by atoms with E-state index in [0.29, 0.717) is 0 Å². The summed E-state index contributed by atoms with van der Waals surface area (Å²) in [5, 5.41) is -1.94. The van der Waals surface area contributed by atoms with Gasteiger partial charge in [-0.15, -0.1) is 5.73 Å². The van der Waals surface area contributed by atoms with E-state index in [4.69, 9.17) is 0 Å². The molecule has 0 N–H and O–H groups in total. The van der Waals surface area contributed by atoms with Crippen molar-refractivity contribution in [2.75, 3.05) is 0 Å². The second-order valence-corrected chi connectivity index (χ2v) is 1.10. The minimum absolute atomic E-state index is 1.94. The van der Waals surface area contributed by atoms with Crippen molar-refractivity contribution in [2.24, 2.45) is 0 Å². The van der Waals surface area contributed by atoms with Gasteiger partial charge >= 0.3 is 6.08 Å². The first kappa shape index (κ1) is 11.2. The Balaban J connectivity index is 0. The standard InChI is InChI=1S/C3H4.C2ClF3/c1-3-2;3-1(4)2(5)6/h1-2H2;. The number of rotatable bonds is 0. The minimum Gasteiger partial charge on any atom is -0.188 e. The molecule has 0 radical (unpaired) electrons. The first-order valence-corrected chi connectivity index (χ1v) is 2.09. The van der Waals surface area contributed by atoms with E-state index in [1.165, 1.54) is 0 Å². The van der Waals surface area contributed by atoms with Gasteiger partial charge in [0, 0.05) is 0 Å². The monoisotopic (exact) mass is 156 g/mol. The molecule has 0 unspecified atom stereocenters. The molecule has 0 aliphatic heterocycles. The minimum atomic E-state index is -2.48. The highest BCUT2D eigenvalue weighted by Gasteiger charge is 1.95. The predicted molar refractivity (Wildman–Crippen MR) is 31.0 cm³/mol. The zero-order valence-corrected chi connectivity index (χ0v) is 5.18. The normalized spacial score (nSPS) is 6.22. The van der Waals surface area contributed by atoms with Gasteiger partial charge in [-0.2, -0.15) is 13.2 Å². The van der Waals surface area contributed by atoms with E-state index in [-0.39, 0.29) is 0 Å². The molecule has 0 saturated heterocycles. The highest BCUT2D eigenvalue weighted by molar-refractivity contribution is 6.28. The van der Waals surface area contributed by atoms with Gasteiger partial charge in [-0.3, -0.25) is 0 Å². The Morgan fingerprint density at radius 2 is 1.33 bits per heavy atom. The molecule has 0 heterocycles. The fraction of sp³-hybridized carbons (Fsp3) is 0. The average Bonchev–Trinajstić information content (AvgIpc) is 1.68. The Morgan fingerprint density at radius 1 is 1.22 bits per heavy atom. The van der Waals surface area contributed by atoms with Crippen LogP contribution in [0.15, 0.2) is 30.3 Å². The Labute approximate surface area is 55.9 Å². The van der Waals surface area contributed by atoms with Crippen LogP contribution in [0, 0.1) is 0 Å². The van der Waals surface area contributed by atoms with Crippen LogP contribution in [-0.2, 0) is 0 Å². The molecule has 0 spiro atoms. The van der Waals surface area contributed by atoms with E-state index >= 15 is 0 Å². The van der Waals surface area contributed by atoms with Gasteiger partial charge in [0.25, 0.3) is 5.29 Å². The van der Waals surface area contributed by atoms with E-state index in [2.05, 4.69) is 30.5 Å². The largest absolute Gasteiger partial charge is 0.317 e. The van der Waals surface area contributed by atoms with Crippen LogP contribution >= 0.6 is 11.6 Å². The number of hydrogen-bond acceptors (Lipinski definition) is 0. The summed E-state index contributed by atoms with van der Waals surface area (Å²) in [5.41, 5.74) is 2.25. The molecule has 0 bridgehead atoms. The zero-order chi connectivity index (χ0) is 7.86. The molecule has 0 aliphatic carbocycles. The first-order chi connectivity index (χ1) is 4.06. The van der Waals surface area contributed by atoms with E-state index in [9.17, 15) is 13.2 Å². The molecular formula is C5H4ClF3. The second-order valence-electron chi connectivity index (χ2n) is 0.771. The molecule has 0 rings (SSSR count). The van der Waals surface area contributed by atoms with Gasteiger partial charge in [0.2, 0.25) is 0 Å². The maximum atomic E-state index is 10.7. The van der Waals surface area contributed by atoms with Gasteiger partial charge in [0.1, 0.15) is 0 Å². The molecule has 0 aromatic rings. The van der Waals surface area contributed by atoms with Crippen molar-refractivity contribution in [2.45, 2.75) is 0 Å². The van der Waals surface area contributed by atoms with Crippen LogP contribution < -0.4 is 0 Å². The Bertz CT molecular complexity index is 115. The molecule has 0 aromatic carbocycles. The van der Waals surface area contributed by atoms with Crippen LogP contribution in [-0.4, -0.2) is 0 Å². The lowest BCUT2D eigenvalue weighted by Gasteiger charge is -1.70. The van der Waals surface area contributed by atoms with Crippen molar-refractivity contribution in [1.29, 1.82) is 0 Å². The SMILES string of the molecule is C=C=C.FC(F)=C(F)Cl. The molecule has 0 atom stereocenters. The summed E-state index contributed by atoms with van der Waals surface area (Å²) in [5.74, 6) is 0. The summed E-state index contributed by atoms with van der Waals surface area (Å²) in [6.45, 7) is 6.25. The third kappa shape index (κ3) is 18.8. The molecule has 4 heteroatoms. The Morgan fingerprint density at radius 3 is 1.33 bits per heavy atom. The smallest absolute Gasteiger partial charge is 0.188 e. The number of halogens is 4. The molecule has 0 fully saturated rings. The van der Waals surface area contributed by atoms with Crippen LogP contribution in [0.2, 0.25) is 0 Å². The molecule has 0 aromatic heterocycles. The fourth-order valence-electron chi connectivity index (χ4n) is 0. The second kappa shape index (κ2) is 7.34. The van der Waals surface area contributed by atoms with E-state index in [1.807, 2.05) is 0 Å². The average molecular weight is 157 g/mol. The highest BCUT2D eigenvalue weighted by Crippen LogP contribution is 2.11. The molecule has 0 saturated carbocycles. The predicted octanol–water partition coefficient (Wildman–Crippen LogP) is 3.22. The maximum Gasteiger partial charge on any atom is 0.317 e. The summed E-state index contributed by atoms with van der Waals surface area (Å²) in [6, 6.07) is 0. The molecule has 9 heavy (non-hydrogen) atoms.